The number of hydrogen-bond donors (Lipinski definition) is 2. The first-order valence-electron chi connectivity index (χ1n) is 7.15. The van der Waals surface area contributed by atoms with Crippen LogP contribution in [0.25, 0.3) is 0 Å². The molecule has 9 heteroatoms. The van der Waals surface area contributed by atoms with Crippen LogP contribution < -0.4 is 10.0 Å². The van der Waals surface area contributed by atoms with Gasteiger partial charge in [-0.2, -0.15) is 0 Å². The Hall–Kier alpha value is -0.670. The van der Waals surface area contributed by atoms with Gasteiger partial charge in [0.15, 0.2) is 0 Å². The number of carbonyl (C=O) groups is 1. The van der Waals surface area contributed by atoms with Gasteiger partial charge in [-0.15, -0.1) is 12.4 Å². The van der Waals surface area contributed by atoms with Crippen LogP contribution in [0.2, 0.25) is 0 Å². The molecule has 6 nitrogen and oxygen atoms in total. The molecule has 1 aromatic carbocycles. The van der Waals surface area contributed by atoms with Gasteiger partial charge in [-0.25, -0.2) is 13.1 Å². The molecule has 1 aliphatic rings. The number of amides is 1. The molecule has 1 amide bonds. The molecule has 0 saturated carbocycles. The van der Waals surface area contributed by atoms with Crippen molar-refractivity contribution in [2.45, 2.75) is 24.3 Å². The fourth-order valence-corrected chi connectivity index (χ4v) is 3.64. The molecule has 1 atom stereocenters. The topological polar surface area (TPSA) is 78.5 Å². The first-order chi connectivity index (χ1) is 10.4. The van der Waals surface area contributed by atoms with Crippen LogP contribution in [0.4, 0.5) is 0 Å². The maximum Gasteiger partial charge on any atom is 0.240 e. The maximum atomic E-state index is 12.1. The van der Waals surface area contributed by atoms with Crippen molar-refractivity contribution in [1.82, 2.24) is 14.9 Å². The van der Waals surface area contributed by atoms with E-state index < -0.39 is 10.0 Å². The van der Waals surface area contributed by atoms with Gasteiger partial charge in [0.25, 0.3) is 0 Å². The highest BCUT2D eigenvalue weighted by molar-refractivity contribution is 9.10. The predicted molar refractivity (Wildman–Crippen MR) is 95.2 cm³/mol. The second kappa shape index (κ2) is 8.98. The minimum absolute atomic E-state index is 0. The minimum Gasteiger partial charge on any atom is -0.337 e. The van der Waals surface area contributed by atoms with Crippen molar-refractivity contribution in [3.8, 4) is 0 Å². The Morgan fingerprint density at radius 2 is 2.04 bits per heavy atom. The van der Waals surface area contributed by atoms with E-state index in [0.717, 1.165) is 17.6 Å². The number of hydrogen-bond acceptors (Lipinski definition) is 4. The standard InChI is InChI=1S/C14H20BrN3O3S.ClH/c1-11-10-16-8-9-18(11)14(19)6-7-17-22(20,21)13-4-2-12(15)3-5-13;/h2-5,11,16-17H,6-10H2,1H3;1H/t11-;/m0./s1. The summed E-state index contributed by atoms with van der Waals surface area (Å²) in [6.45, 7) is 4.31. The highest BCUT2D eigenvalue weighted by Crippen LogP contribution is 2.14. The Labute approximate surface area is 151 Å². The summed E-state index contributed by atoms with van der Waals surface area (Å²) >= 11 is 3.26. The highest BCUT2D eigenvalue weighted by Gasteiger charge is 2.23. The molecule has 1 heterocycles. The van der Waals surface area contributed by atoms with Crippen molar-refractivity contribution in [2.75, 3.05) is 26.2 Å². The molecule has 0 radical (unpaired) electrons. The van der Waals surface area contributed by atoms with E-state index in [1.165, 1.54) is 12.1 Å². The fraction of sp³-hybridized carbons (Fsp3) is 0.500. The molecule has 2 rings (SSSR count). The van der Waals surface area contributed by atoms with Gasteiger partial charge < -0.3 is 10.2 Å². The van der Waals surface area contributed by atoms with Gasteiger partial charge in [0.1, 0.15) is 0 Å². The lowest BCUT2D eigenvalue weighted by Gasteiger charge is -2.34. The summed E-state index contributed by atoms with van der Waals surface area (Å²) in [6, 6.07) is 6.52. The zero-order valence-corrected chi connectivity index (χ0v) is 16.0. The molecule has 23 heavy (non-hydrogen) atoms. The first kappa shape index (κ1) is 20.4. The van der Waals surface area contributed by atoms with Gasteiger partial charge in [-0.3, -0.25) is 4.79 Å². The van der Waals surface area contributed by atoms with Gasteiger partial charge in [0, 0.05) is 43.1 Å². The monoisotopic (exact) mass is 425 g/mol. The number of rotatable bonds is 5. The van der Waals surface area contributed by atoms with Crippen LogP contribution in [-0.4, -0.2) is 51.4 Å². The lowest BCUT2D eigenvalue weighted by atomic mass is 10.2. The van der Waals surface area contributed by atoms with Gasteiger partial charge in [-0.05, 0) is 31.2 Å². The third-order valence-corrected chi connectivity index (χ3v) is 5.58. The van der Waals surface area contributed by atoms with Gasteiger partial charge >= 0.3 is 0 Å². The largest absolute Gasteiger partial charge is 0.337 e. The molecule has 0 aliphatic carbocycles. The molecule has 1 saturated heterocycles. The van der Waals surface area contributed by atoms with Crippen molar-refractivity contribution in [3.05, 3.63) is 28.7 Å². The van der Waals surface area contributed by atoms with E-state index in [1.54, 1.807) is 17.0 Å². The smallest absolute Gasteiger partial charge is 0.240 e. The number of nitrogens with zero attached hydrogens (tertiary/aromatic N) is 1. The maximum absolute atomic E-state index is 12.1. The minimum atomic E-state index is -3.57. The van der Waals surface area contributed by atoms with Gasteiger partial charge in [0.05, 0.1) is 4.90 Å². The Morgan fingerprint density at radius 3 is 2.65 bits per heavy atom. The fourth-order valence-electron chi connectivity index (χ4n) is 2.34. The average molecular weight is 427 g/mol. The lowest BCUT2D eigenvalue weighted by Crippen LogP contribution is -2.52. The van der Waals surface area contributed by atoms with E-state index in [-0.39, 0.29) is 42.2 Å². The van der Waals surface area contributed by atoms with Gasteiger partial charge in [-0.1, -0.05) is 15.9 Å². The van der Waals surface area contributed by atoms with E-state index in [4.69, 9.17) is 0 Å². The van der Waals surface area contributed by atoms with Crippen LogP contribution in [0, 0.1) is 0 Å². The Kier molecular flexibility index (Phi) is 7.96. The second-order valence-corrected chi connectivity index (χ2v) is 7.92. The van der Waals surface area contributed by atoms with Crippen molar-refractivity contribution < 1.29 is 13.2 Å². The van der Waals surface area contributed by atoms with E-state index in [9.17, 15) is 13.2 Å². The molecule has 0 spiro atoms. The Bertz CT molecular complexity index is 625. The van der Waals surface area contributed by atoms with Crippen LogP contribution in [0.5, 0.6) is 0 Å². The molecule has 0 aromatic heterocycles. The van der Waals surface area contributed by atoms with Crippen molar-refractivity contribution in [1.29, 1.82) is 0 Å². The molecule has 1 aliphatic heterocycles. The van der Waals surface area contributed by atoms with E-state index in [1.807, 2.05) is 6.92 Å². The van der Waals surface area contributed by atoms with E-state index in [2.05, 4.69) is 26.0 Å². The summed E-state index contributed by atoms with van der Waals surface area (Å²) in [5.74, 6) is -0.0208. The molecule has 2 N–H and O–H groups in total. The molecule has 0 bridgehead atoms. The van der Waals surface area contributed by atoms with Gasteiger partial charge in [0.2, 0.25) is 15.9 Å². The second-order valence-electron chi connectivity index (χ2n) is 5.24. The summed E-state index contributed by atoms with van der Waals surface area (Å²) in [4.78, 5) is 14.1. The lowest BCUT2D eigenvalue weighted by molar-refractivity contribution is -0.133. The number of nitrogens with one attached hydrogen (secondary N) is 2. The Morgan fingerprint density at radius 1 is 1.39 bits per heavy atom. The molecule has 1 fully saturated rings. The third kappa shape index (κ3) is 5.72. The average Bonchev–Trinajstić information content (AvgIpc) is 2.48. The summed E-state index contributed by atoms with van der Waals surface area (Å²) in [7, 11) is -3.57. The third-order valence-electron chi connectivity index (χ3n) is 3.58. The summed E-state index contributed by atoms with van der Waals surface area (Å²) in [5.41, 5.74) is 0. The Balaban J connectivity index is 0.00000264. The number of halogens is 2. The summed E-state index contributed by atoms with van der Waals surface area (Å²) < 4.78 is 27.5. The zero-order chi connectivity index (χ0) is 16.2. The van der Waals surface area contributed by atoms with E-state index in [0.29, 0.717) is 6.54 Å². The summed E-state index contributed by atoms with van der Waals surface area (Å²) in [6.07, 6.45) is 0.167. The normalized spacial score (nSPS) is 18.3. The number of piperazine rings is 1. The first-order valence-corrected chi connectivity index (χ1v) is 9.43. The molecule has 0 unspecified atom stereocenters. The quantitative estimate of drug-likeness (QED) is 0.745. The van der Waals surface area contributed by atoms with Crippen molar-refractivity contribution in [2.24, 2.45) is 0 Å². The zero-order valence-electron chi connectivity index (χ0n) is 12.8. The highest BCUT2D eigenvalue weighted by atomic mass is 79.9. The SMILES string of the molecule is C[C@H]1CNCCN1C(=O)CCNS(=O)(=O)c1ccc(Br)cc1.Cl. The van der Waals surface area contributed by atoms with Crippen LogP contribution in [-0.2, 0) is 14.8 Å². The summed E-state index contributed by atoms with van der Waals surface area (Å²) in [5, 5.41) is 3.22. The van der Waals surface area contributed by atoms with Crippen LogP contribution in [0.1, 0.15) is 13.3 Å². The molecule has 130 valence electrons. The van der Waals surface area contributed by atoms with Crippen LogP contribution in [0.15, 0.2) is 33.6 Å². The number of carbonyl (C=O) groups excluding carboxylic acids is 1. The number of sulfonamides is 1. The van der Waals surface area contributed by atoms with Crippen molar-refractivity contribution >= 4 is 44.3 Å². The molecular weight excluding hydrogens is 406 g/mol. The van der Waals surface area contributed by atoms with Crippen LogP contribution in [0.3, 0.4) is 0 Å². The molecular formula is C14H21BrClN3O3S. The predicted octanol–water partition coefficient (Wildman–Crippen LogP) is 1.36. The number of benzene rings is 1. The van der Waals surface area contributed by atoms with E-state index >= 15 is 0 Å². The van der Waals surface area contributed by atoms with Crippen molar-refractivity contribution in [3.63, 3.8) is 0 Å². The van der Waals surface area contributed by atoms with Crippen LogP contribution >= 0.6 is 28.3 Å². The molecule has 1 aromatic rings.